The molecule has 2 aliphatic rings. The molecule has 10 heteroatoms. The SMILES string of the molecule is C[C@@H](OC#C[C@@]1(c2ccccc2)C[C@H](N2CCCCC2=O)CN1)c1cc(C(F)(F)F)cc(C(F)(F)F)c1. The molecule has 2 aromatic carbocycles. The molecule has 0 aliphatic carbocycles. The van der Waals surface area contributed by atoms with Crippen molar-refractivity contribution in [1.82, 2.24) is 10.2 Å². The van der Waals surface area contributed by atoms with Gasteiger partial charge in [0.2, 0.25) is 5.91 Å². The lowest BCUT2D eigenvalue weighted by Gasteiger charge is -2.32. The van der Waals surface area contributed by atoms with Gasteiger partial charge in [-0.05, 0) is 55.0 Å². The van der Waals surface area contributed by atoms with E-state index >= 15 is 0 Å². The maximum Gasteiger partial charge on any atom is 0.416 e. The summed E-state index contributed by atoms with van der Waals surface area (Å²) in [6, 6.07) is 10.5. The minimum Gasteiger partial charge on any atom is -0.439 e. The van der Waals surface area contributed by atoms with Crippen LogP contribution >= 0.6 is 0 Å². The maximum atomic E-state index is 13.2. The monoisotopic (exact) mass is 524 g/mol. The molecule has 1 N–H and O–H groups in total. The average molecular weight is 525 g/mol. The zero-order valence-electron chi connectivity index (χ0n) is 20.0. The predicted molar refractivity (Wildman–Crippen MR) is 124 cm³/mol. The van der Waals surface area contributed by atoms with Crippen LogP contribution in [0.5, 0.6) is 0 Å². The Morgan fingerprint density at radius 1 is 1.03 bits per heavy atom. The van der Waals surface area contributed by atoms with Gasteiger partial charge in [0, 0.05) is 32.0 Å². The predicted octanol–water partition coefficient (Wildman–Crippen LogP) is 6.03. The second-order valence-corrected chi connectivity index (χ2v) is 9.38. The second kappa shape index (κ2) is 10.3. The molecule has 198 valence electrons. The van der Waals surface area contributed by atoms with Crippen LogP contribution in [0.15, 0.2) is 48.5 Å². The number of hydrogen-bond acceptors (Lipinski definition) is 3. The van der Waals surface area contributed by atoms with Crippen molar-refractivity contribution >= 4 is 5.91 Å². The van der Waals surface area contributed by atoms with Crippen molar-refractivity contribution in [3.63, 3.8) is 0 Å². The highest BCUT2D eigenvalue weighted by Crippen LogP contribution is 2.38. The number of carbonyl (C=O) groups excluding carboxylic acids is 1. The third-order valence-electron chi connectivity index (χ3n) is 6.83. The molecule has 1 amide bonds. The number of carbonyl (C=O) groups is 1. The van der Waals surface area contributed by atoms with E-state index in [1.807, 2.05) is 35.2 Å². The third kappa shape index (κ3) is 6.04. The van der Waals surface area contributed by atoms with Crippen LogP contribution in [0.2, 0.25) is 0 Å². The summed E-state index contributed by atoms with van der Waals surface area (Å²) in [7, 11) is 0. The minimum absolute atomic E-state index is 0.0801. The van der Waals surface area contributed by atoms with Crippen molar-refractivity contribution in [3.05, 3.63) is 70.8 Å². The minimum atomic E-state index is -4.95. The number of piperidine rings is 1. The molecule has 2 fully saturated rings. The van der Waals surface area contributed by atoms with Crippen LogP contribution in [0.3, 0.4) is 0 Å². The molecular formula is C27H26F6N2O2. The zero-order valence-corrected chi connectivity index (χ0v) is 20.0. The molecule has 0 aromatic heterocycles. The number of alkyl halides is 6. The van der Waals surface area contributed by atoms with Crippen LogP contribution in [-0.4, -0.2) is 29.9 Å². The molecule has 2 aliphatic heterocycles. The third-order valence-corrected chi connectivity index (χ3v) is 6.83. The number of nitrogens with zero attached hydrogens (tertiary/aromatic N) is 1. The first-order valence-corrected chi connectivity index (χ1v) is 12.0. The summed E-state index contributed by atoms with van der Waals surface area (Å²) in [5.74, 6) is 3.11. The number of nitrogens with one attached hydrogen (secondary N) is 1. The van der Waals surface area contributed by atoms with Crippen LogP contribution in [0.4, 0.5) is 26.3 Å². The van der Waals surface area contributed by atoms with Crippen molar-refractivity contribution in [2.24, 2.45) is 0 Å². The number of amides is 1. The molecule has 2 saturated heterocycles. The standard InChI is InChI=1S/C27H26F6N2O2/c1-18(19-13-21(26(28,29)30)15-22(14-19)27(31,32)33)37-12-10-25(20-7-3-2-4-8-20)16-23(17-34-25)35-11-6-5-9-24(35)36/h2-4,7-8,13-15,18,23,34H,5-6,9,11,16-17H2,1H3/t18-,23+,25+/m1/s1. The molecule has 4 nitrogen and oxygen atoms in total. The molecule has 3 atom stereocenters. The van der Waals surface area contributed by atoms with Crippen molar-refractivity contribution in [2.75, 3.05) is 13.1 Å². The molecular weight excluding hydrogens is 498 g/mol. The number of rotatable bonds is 4. The summed E-state index contributed by atoms with van der Waals surface area (Å²) < 4.78 is 84.9. The fourth-order valence-corrected chi connectivity index (χ4v) is 4.82. The quantitative estimate of drug-likeness (QED) is 0.392. The Hall–Kier alpha value is -3.19. The normalized spacial score (nSPS) is 23.4. The molecule has 2 heterocycles. The lowest BCUT2D eigenvalue weighted by molar-refractivity contribution is -0.143. The Balaban J connectivity index is 1.60. The van der Waals surface area contributed by atoms with Crippen LogP contribution in [0.1, 0.15) is 61.0 Å². The fraction of sp³-hybridized carbons (Fsp3) is 0.444. The number of ether oxygens (including phenoxy) is 1. The van der Waals surface area contributed by atoms with E-state index < -0.39 is 35.1 Å². The summed E-state index contributed by atoms with van der Waals surface area (Å²) in [6.07, 6.45) is -5.78. The molecule has 37 heavy (non-hydrogen) atoms. The van der Waals surface area contributed by atoms with E-state index in [9.17, 15) is 31.1 Å². The van der Waals surface area contributed by atoms with Gasteiger partial charge in [0.05, 0.1) is 11.1 Å². The molecule has 0 spiro atoms. The lowest BCUT2D eigenvalue weighted by Crippen LogP contribution is -2.44. The van der Waals surface area contributed by atoms with Gasteiger partial charge in [0.1, 0.15) is 17.7 Å². The number of likely N-dealkylation sites (tertiary alicyclic amines) is 1. The van der Waals surface area contributed by atoms with Crippen molar-refractivity contribution in [1.29, 1.82) is 0 Å². The van der Waals surface area contributed by atoms with E-state index in [1.165, 1.54) is 6.92 Å². The topological polar surface area (TPSA) is 41.6 Å². The largest absolute Gasteiger partial charge is 0.439 e. The Morgan fingerprint density at radius 2 is 1.68 bits per heavy atom. The highest BCUT2D eigenvalue weighted by Gasteiger charge is 2.43. The zero-order chi connectivity index (χ0) is 26.8. The van der Waals surface area contributed by atoms with Crippen molar-refractivity contribution < 1.29 is 35.9 Å². The van der Waals surface area contributed by atoms with Gasteiger partial charge in [-0.3, -0.25) is 10.1 Å². The molecule has 0 unspecified atom stereocenters. The first-order valence-electron chi connectivity index (χ1n) is 12.0. The van der Waals surface area contributed by atoms with E-state index in [-0.39, 0.29) is 23.6 Å². The number of benzene rings is 2. The summed E-state index contributed by atoms with van der Waals surface area (Å²) in [5, 5.41) is 3.38. The van der Waals surface area contributed by atoms with Gasteiger partial charge in [0.15, 0.2) is 0 Å². The van der Waals surface area contributed by atoms with E-state index in [4.69, 9.17) is 4.74 Å². The molecule has 4 rings (SSSR count). The fourth-order valence-electron chi connectivity index (χ4n) is 4.82. The van der Waals surface area contributed by atoms with Gasteiger partial charge in [-0.25, -0.2) is 0 Å². The number of hydrogen-bond donors (Lipinski definition) is 1. The number of halogens is 6. The smallest absolute Gasteiger partial charge is 0.416 e. The highest BCUT2D eigenvalue weighted by atomic mass is 19.4. The van der Waals surface area contributed by atoms with Crippen molar-refractivity contribution in [2.45, 2.75) is 62.6 Å². The maximum absolute atomic E-state index is 13.2. The van der Waals surface area contributed by atoms with Gasteiger partial charge in [-0.15, -0.1) is 0 Å². The molecule has 2 aromatic rings. The summed E-state index contributed by atoms with van der Waals surface area (Å²) in [5.41, 5.74) is -3.18. The van der Waals surface area contributed by atoms with Crippen LogP contribution in [-0.2, 0) is 27.4 Å². The first kappa shape index (κ1) is 26.9. The molecule has 0 radical (unpaired) electrons. The highest BCUT2D eigenvalue weighted by molar-refractivity contribution is 5.77. The molecule has 0 bridgehead atoms. The van der Waals surface area contributed by atoms with Gasteiger partial charge in [-0.1, -0.05) is 30.3 Å². The Bertz CT molecular complexity index is 1150. The van der Waals surface area contributed by atoms with Gasteiger partial charge in [0.25, 0.3) is 0 Å². The van der Waals surface area contributed by atoms with Crippen LogP contribution < -0.4 is 5.32 Å². The van der Waals surface area contributed by atoms with E-state index in [0.29, 0.717) is 38.1 Å². The molecule has 0 saturated carbocycles. The van der Waals surface area contributed by atoms with Crippen LogP contribution in [0, 0.1) is 12.0 Å². The average Bonchev–Trinajstić information content (AvgIpc) is 3.29. The van der Waals surface area contributed by atoms with E-state index in [0.717, 1.165) is 18.4 Å². The van der Waals surface area contributed by atoms with Gasteiger partial charge < -0.3 is 9.64 Å². The Morgan fingerprint density at radius 3 is 2.27 bits per heavy atom. The Kier molecular flexibility index (Phi) is 7.47. The van der Waals surface area contributed by atoms with E-state index in [2.05, 4.69) is 17.3 Å². The van der Waals surface area contributed by atoms with Gasteiger partial charge in [-0.2, -0.15) is 26.3 Å². The summed E-state index contributed by atoms with van der Waals surface area (Å²) in [4.78, 5) is 14.3. The summed E-state index contributed by atoms with van der Waals surface area (Å²) >= 11 is 0. The van der Waals surface area contributed by atoms with Crippen LogP contribution in [0.25, 0.3) is 0 Å². The lowest BCUT2D eigenvalue weighted by atomic mass is 9.87. The van der Waals surface area contributed by atoms with E-state index in [1.54, 1.807) is 0 Å². The summed E-state index contributed by atoms with van der Waals surface area (Å²) in [6.45, 7) is 2.50. The second-order valence-electron chi connectivity index (χ2n) is 9.38. The van der Waals surface area contributed by atoms with Gasteiger partial charge >= 0.3 is 12.4 Å². The van der Waals surface area contributed by atoms with Crippen molar-refractivity contribution in [3.8, 4) is 12.0 Å². The Labute approximate surface area is 211 Å². The first-order chi connectivity index (χ1) is 17.4.